The molecule has 1 aromatic rings. The van der Waals surface area contributed by atoms with Gasteiger partial charge in [0.2, 0.25) is 0 Å². The van der Waals surface area contributed by atoms with E-state index in [2.05, 4.69) is 10.1 Å². The molecule has 14 heavy (non-hydrogen) atoms. The smallest absolute Gasteiger partial charge is 0.186 e. The van der Waals surface area contributed by atoms with E-state index >= 15 is 0 Å². The van der Waals surface area contributed by atoms with Gasteiger partial charge in [0.15, 0.2) is 5.16 Å². The number of nitrogens with zero attached hydrogens (tertiary/aromatic N) is 3. The van der Waals surface area contributed by atoms with E-state index < -0.39 is 0 Å². The van der Waals surface area contributed by atoms with Crippen molar-refractivity contribution in [3.8, 4) is 0 Å². The van der Waals surface area contributed by atoms with Gasteiger partial charge in [-0.2, -0.15) is 5.10 Å². The van der Waals surface area contributed by atoms with E-state index in [4.69, 9.17) is 0 Å². The molecular formula is C9H13N3OS. The standard InChI is InChI=1S/C9H13N3OS/c1-6-7(13)3-4-8(6)14-9-10-5-11-12(9)2/h5-6,8H,3-4H2,1-2H3. The molecule has 0 saturated heterocycles. The summed E-state index contributed by atoms with van der Waals surface area (Å²) in [7, 11) is 1.87. The number of rotatable bonds is 2. The SMILES string of the molecule is CC1C(=O)CCC1Sc1ncnn1C. The zero-order valence-electron chi connectivity index (χ0n) is 8.30. The van der Waals surface area contributed by atoms with Crippen molar-refractivity contribution in [2.45, 2.75) is 30.2 Å². The van der Waals surface area contributed by atoms with Crippen molar-refractivity contribution in [2.75, 3.05) is 0 Å². The molecule has 0 spiro atoms. The first-order valence-electron chi connectivity index (χ1n) is 4.72. The number of Topliss-reactive ketones (excluding diaryl/α,β-unsaturated/α-hetero) is 1. The summed E-state index contributed by atoms with van der Waals surface area (Å²) in [6.45, 7) is 2.00. The Bertz CT molecular complexity index is 350. The number of thioether (sulfide) groups is 1. The number of hydrogen-bond donors (Lipinski definition) is 0. The molecule has 2 unspecified atom stereocenters. The van der Waals surface area contributed by atoms with Crippen molar-refractivity contribution < 1.29 is 4.79 Å². The molecule has 0 bridgehead atoms. The molecule has 2 rings (SSSR count). The van der Waals surface area contributed by atoms with Gasteiger partial charge in [-0.05, 0) is 6.42 Å². The summed E-state index contributed by atoms with van der Waals surface area (Å²) >= 11 is 1.66. The fourth-order valence-electron chi connectivity index (χ4n) is 1.66. The first-order chi connectivity index (χ1) is 6.68. The molecule has 1 aliphatic rings. The van der Waals surface area contributed by atoms with Crippen LogP contribution in [0.1, 0.15) is 19.8 Å². The molecule has 0 amide bonds. The number of aromatic nitrogens is 3. The zero-order valence-corrected chi connectivity index (χ0v) is 9.12. The van der Waals surface area contributed by atoms with Gasteiger partial charge in [0.1, 0.15) is 12.1 Å². The number of carbonyl (C=O) groups is 1. The Balaban J connectivity index is 2.05. The lowest BCUT2D eigenvalue weighted by Crippen LogP contribution is -2.13. The molecule has 4 nitrogen and oxygen atoms in total. The minimum absolute atomic E-state index is 0.164. The van der Waals surface area contributed by atoms with Crippen LogP contribution < -0.4 is 0 Å². The Morgan fingerprint density at radius 2 is 2.43 bits per heavy atom. The van der Waals surface area contributed by atoms with Gasteiger partial charge in [-0.25, -0.2) is 9.67 Å². The van der Waals surface area contributed by atoms with Crippen molar-refractivity contribution in [3.05, 3.63) is 6.33 Å². The van der Waals surface area contributed by atoms with Crippen molar-refractivity contribution in [2.24, 2.45) is 13.0 Å². The van der Waals surface area contributed by atoms with Crippen LogP contribution in [-0.2, 0) is 11.8 Å². The van der Waals surface area contributed by atoms with Crippen LogP contribution in [0, 0.1) is 5.92 Å². The molecule has 5 heteroatoms. The van der Waals surface area contributed by atoms with Gasteiger partial charge in [-0.1, -0.05) is 18.7 Å². The minimum Gasteiger partial charge on any atom is -0.299 e. The van der Waals surface area contributed by atoms with Gasteiger partial charge in [-0.15, -0.1) is 0 Å². The maximum absolute atomic E-state index is 11.3. The first kappa shape index (κ1) is 9.71. The summed E-state index contributed by atoms with van der Waals surface area (Å²) in [4.78, 5) is 15.5. The summed E-state index contributed by atoms with van der Waals surface area (Å²) in [6.07, 6.45) is 3.23. The molecule has 0 aromatic carbocycles. The van der Waals surface area contributed by atoms with Crippen LogP contribution in [-0.4, -0.2) is 25.8 Å². The van der Waals surface area contributed by atoms with Crippen LogP contribution in [0.15, 0.2) is 11.5 Å². The minimum atomic E-state index is 0.164. The maximum atomic E-state index is 11.3. The average Bonchev–Trinajstić information content (AvgIpc) is 2.68. The lowest BCUT2D eigenvalue weighted by Gasteiger charge is -2.11. The molecule has 1 fully saturated rings. The predicted octanol–water partition coefficient (Wildman–Crippen LogP) is 1.27. The van der Waals surface area contributed by atoms with E-state index in [0.29, 0.717) is 11.0 Å². The summed E-state index contributed by atoms with van der Waals surface area (Å²) < 4.78 is 1.75. The van der Waals surface area contributed by atoms with Gasteiger partial charge >= 0.3 is 0 Å². The molecular weight excluding hydrogens is 198 g/mol. The third-order valence-corrected chi connectivity index (χ3v) is 4.19. The normalized spacial score (nSPS) is 27.1. The topological polar surface area (TPSA) is 47.8 Å². The molecule has 1 aliphatic carbocycles. The lowest BCUT2D eigenvalue weighted by molar-refractivity contribution is -0.120. The van der Waals surface area contributed by atoms with Gasteiger partial charge in [0.05, 0.1) is 0 Å². The highest BCUT2D eigenvalue weighted by atomic mass is 32.2. The Morgan fingerprint density at radius 3 is 2.93 bits per heavy atom. The number of hydrogen-bond acceptors (Lipinski definition) is 4. The van der Waals surface area contributed by atoms with Gasteiger partial charge < -0.3 is 0 Å². The van der Waals surface area contributed by atoms with E-state index in [9.17, 15) is 4.79 Å². The quantitative estimate of drug-likeness (QED) is 0.739. The Morgan fingerprint density at radius 1 is 1.64 bits per heavy atom. The van der Waals surface area contributed by atoms with Crippen LogP contribution in [0.2, 0.25) is 0 Å². The van der Waals surface area contributed by atoms with Crippen molar-refractivity contribution in [1.29, 1.82) is 0 Å². The molecule has 0 radical (unpaired) electrons. The van der Waals surface area contributed by atoms with Crippen LogP contribution in [0.3, 0.4) is 0 Å². The number of aryl methyl sites for hydroxylation is 1. The van der Waals surface area contributed by atoms with Gasteiger partial charge in [0.25, 0.3) is 0 Å². The molecule has 0 aliphatic heterocycles. The van der Waals surface area contributed by atoms with E-state index in [1.807, 2.05) is 14.0 Å². The molecule has 1 aromatic heterocycles. The highest BCUT2D eigenvalue weighted by molar-refractivity contribution is 7.99. The van der Waals surface area contributed by atoms with Crippen LogP contribution >= 0.6 is 11.8 Å². The van der Waals surface area contributed by atoms with E-state index in [1.165, 1.54) is 0 Å². The molecule has 76 valence electrons. The Kier molecular flexibility index (Phi) is 2.58. The van der Waals surface area contributed by atoms with Crippen LogP contribution in [0.25, 0.3) is 0 Å². The van der Waals surface area contributed by atoms with E-state index in [1.54, 1.807) is 22.8 Å². The zero-order chi connectivity index (χ0) is 10.1. The summed E-state index contributed by atoms with van der Waals surface area (Å²) in [5.41, 5.74) is 0. The molecule has 0 N–H and O–H groups in total. The first-order valence-corrected chi connectivity index (χ1v) is 5.60. The van der Waals surface area contributed by atoms with Crippen LogP contribution in [0.4, 0.5) is 0 Å². The number of ketones is 1. The average molecular weight is 211 g/mol. The second kappa shape index (κ2) is 3.73. The predicted molar refractivity (Wildman–Crippen MR) is 54.1 cm³/mol. The van der Waals surface area contributed by atoms with Gasteiger partial charge in [0, 0.05) is 24.6 Å². The molecule has 1 saturated carbocycles. The second-order valence-electron chi connectivity index (χ2n) is 3.62. The van der Waals surface area contributed by atoms with Crippen LogP contribution in [0.5, 0.6) is 0 Å². The highest BCUT2D eigenvalue weighted by Gasteiger charge is 2.32. The molecule has 2 atom stereocenters. The van der Waals surface area contributed by atoms with E-state index in [0.717, 1.165) is 18.0 Å². The number of carbonyl (C=O) groups excluding carboxylic acids is 1. The largest absolute Gasteiger partial charge is 0.299 e. The maximum Gasteiger partial charge on any atom is 0.186 e. The van der Waals surface area contributed by atoms with Crippen molar-refractivity contribution in [1.82, 2.24) is 14.8 Å². The summed E-state index contributed by atoms with van der Waals surface area (Å²) in [6, 6.07) is 0. The second-order valence-corrected chi connectivity index (χ2v) is 4.82. The van der Waals surface area contributed by atoms with Crippen molar-refractivity contribution >= 4 is 17.5 Å². The third kappa shape index (κ3) is 1.68. The van der Waals surface area contributed by atoms with E-state index in [-0.39, 0.29) is 5.92 Å². The summed E-state index contributed by atoms with van der Waals surface area (Å²) in [5.74, 6) is 0.543. The highest BCUT2D eigenvalue weighted by Crippen LogP contribution is 2.35. The molecule has 1 heterocycles. The van der Waals surface area contributed by atoms with Gasteiger partial charge in [-0.3, -0.25) is 4.79 Å². The fraction of sp³-hybridized carbons (Fsp3) is 0.667. The third-order valence-electron chi connectivity index (χ3n) is 2.67. The van der Waals surface area contributed by atoms with Crippen molar-refractivity contribution in [3.63, 3.8) is 0 Å². The Labute approximate surface area is 87.1 Å². The monoisotopic (exact) mass is 211 g/mol. The Hall–Kier alpha value is -0.840. The summed E-state index contributed by atoms with van der Waals surface area (Å²) in [5, 5.41) is 5.28. The lowest BCUT2D eigenvalue weighted by atomic mass is 10.1. The fourth-order valence-corrected chi connectivity index (χ4v) is 2.83.